The van der Waals surface area contributed by atoms with E-state index in [-0.39, 0.29) is 17.5 Å². The van der Waals surface area contributed by atoms with Crippen molar-refractivity contribution in [2.45, 2.75) is 64.5 Å². The largest absolute Gasteiger partial charge is 0.353 e. The van der Waals surface area contributed by atoms with Gasteiger partial charge in [-0.1, -0.05) is 20.8 Å². The average molecular weight is 255 g/mol. The van der Waals surface area contributed by atoms with E-state index in [4.69, 9.17) is 5.73 Å². The van der Waals surface area contributed by atoms with Gasteiger partial charge >= 0.3 is 0 Å². The summed E-state index contributed by atoms with van der Waals surface area (Å²) in [7, 11) is 0. The van der Waals surface area contributed by atoms with Crippen molar-refractivity contribution in [3.05, 3.63) is 0 Å². The summed E-state index contributed by atoms with van der Waals surface area (Å²) in [6, 6.07) is 0.0721. The number of hydrogen-bond donors (Lipinski definition) is 2. The van der Waals surface area contributed by atoms with Crippen molar-refractivity contribution < 1.29 is 4.79 Å². The van der Waals surface area contributed by atoms with Crippen molar-refractivity contribution in [1.82, 2.24) is 10.2 Å². The topological polar surface area (TPSA) is 58.4 Å². The van der Waals surface area contributed by atoms with Crippen LogP contribution in [0.5, 0.6) is 0 Å². The first-order valence-electron chi connectivity index (χ1n) is 7.37. The molecule has 3 N–H and O–H groups in total. The summed E-state index contributed by atoms with van der Waals surface area (Å²) >= 11 is 0. The van der Waals surface area contributed by atoms with Gasteiger partial charge in [0.25, 0.3) is 0 Å². The first-order chi connectivity index (χ1) is 8.56. The zero-order chi connectivity index (χ0) is 13.6. The fourth-order valence-corrected chi connectivity index (χ4v) is 2.56. The van der Waals surface area contributed by atoms with Crippen LogP contribution in [-0.4, -0.2) is 42.0 Å². The fraction of sp³-hybridized carbons (Fsp3) is 0.929. The zero-order valence-corrected chi connectivity index (χ0v) is 12.2. The summed E-state index contributed by atoms with van der Waals surface area (Å²) < 4.78 is 0. The molecule has 0 spiro atoms. The van der Waals surface area contributed by atoms with Crippen LogP contribution in [0.3, 0.4) is 0 Å². The number of nitrogens with zero attached hydrogens (tertiary/aromatic N) is 1. The van der Waals surface area contributed by atoms with Crippen LogP contribution in [-0.2, 0) is 4.79 Å². The normalized spacial score (nSPS) is 21.2. The van der Waals surface area contributed by atoms with E-state index >= 15 is 0 Å². The minimum atomic E-state index is -0.246. The van der Waals surface area contributed by atoms with Gasteiger partial charge in [0.15, 0.2) is 0 Å². The van der Waals surface area contributed by atoms with E-state index in [0.29, 0.717) is 6.54 Å². The summed E-state index contributed by atoms with van der Waals surface area (Å²) in [5.74, 6) is 0.165. The third kappa shape index (κ3) is 3.95. The van der Waals surface area contributed by atoms with Crippen LogP contribution in [0.25, 0.3) is 0 Å². The molecule has 1 fully saturated rings. The van der Waals surface area contributed by atoms with Crippen LogP contribution in [0.15, 0.2) is 0 Å². The van der Waals surface area contributed by atoms with Crippen LogP contribution >= 0.6 is 0 Å². The van der Waals surface area contributed by atoms with Gasteiger partial charge < -0.3 is 11.1 Å². The van der Waals surface area contributed by atoms with Crippen LogP contribution in [0.2, 0.25) is 0 Å². The van der Waals surface area contributed by atoms with E-state index in [1.807, 2.05) is 0 Å². The summed E-state index contributed by atoms with van der Waals surface area (Å²) in [5, 5.41) is 3.05. The van der Waals surface area contributed by atoms with E-state index in [0.717, 1.165) is 45.2 Å². The lowest BCUT2D eigenvalue weighted by Crippen LogP contribution is -2.52. The number of hydrogen-bond acceptors (Lipinski definition) is 3. The van der Waals surface area contributed by atoms with Crippen molar-refractivity contribution in [1.29, 1.82) is 0 Å². The predicted octanol–water partition coefficient (Wildman–Crippen LogP) is 1.49. The molecular weight excluding hydrogens is 226 g/mol. The Morgan fingerprint density at radius 3 is 2.61 bits per heavy atom. The van der Waals surface area contributed by atoms with Crippen molar-refractivity contribution in [2.24, 2.45) is 5.73 Å². The highest BCUT2D eigenvalue weighted by atomic mass is 16.2. The van der Waals surface area contributed by atoms with Crippen LogP contribution in [0.4, 0.5) is 0 Å². The maximum atomic E-state index is 12.2. The molecule has 0 radical (unpaired) electrons. The molecule has 0 aliphatic carbocycles. The molecule has 0 aromatic rings. The molecular formula is C14H29N3O. The van der Waals surface area contributed by atoms with E-state index in [1.54, 1.807) is 0 Å². The Morgan fingerprint density at radius 2 is 2.06 bits per heavy atom. The molecule has 18 heavy (non-hydrogen) atoms. The van der Waals surface area contributed by atoms with E-state index in [1.165, 1.54) is 0 Å². The molecule has 1 aliphatic rings. The third-order valence-electron chi connectivity index (χ3n) is 4.20. The van der Waals surface area contributed by atoms with Crippen molar-refractivity contribution >= 4 is 5.91 Å². The standard InChI is InChI=1S/C14H29N3O/c1-4-9-17-10-7-8-12(17)13(18)16-11-14(15,5-2)6-3/h12H,4-11,15H2,1-3H3,(H,16,18). The number of nitrogens with two attached hydrogens (primary N) is 1. The smallest absolute Gasteiger partial charge is 0.237 e. The molecule has 1 heterocycles. The average Bonchev–Trinajstić information content (AvgIpc) is 2.84. The minimum Gasteiger partial charge on any atom is -0.353 e. The van der Waals surface area contributed by atoms with Crippen LogP contribution in [0, 0.1) is 0 Å². The van der Waals surface area contributed by atoms with Gasteiger partial charge in [-0.15, -0.1) is 0 Å². The first-order valence-corrected chi connectivity index (χ1v) is 7.37. The predicted molar refractivity (Wildman–Crippen MR) is 75.4 cm³/mol. The molecule has 0 saturated carbocycles. The Kier molecular flexibility index (Phi) is 6.09. The number of likely N-dealkylation sites (tertiary alicyclic amines) is 1. The number of amides is 1. The molecule has 4 heteroatoms. The highest BCUT2D eigenvalue weighted by Gasteiger charge is 2.31. The Labute approximate surface area is 111 Å². The van der Waals surface area contributed by atoms with Gasteiger partial charge in [-0.05, 0) is 45.2 Å². The first kappa shape index (κ1) is 15.4. The molecule has 1 unspecified atom stereocenters. The number of rotatable bonds is 7. The van der Waals surface area contributed by atoms with Gasteiger partial charge in [-0.3, -0.25) is 9.69 Å². The SMILES string of the molecule is CCCN1CCCC1C(=O)NCC(N)(CC)CC. The maximum Gasteiger partial charge on any atom is 0.237 e. The molecule has 106 valence electrons. The molecule has 0 aromatic carbocycles. The van der Waals surface area contributed by atoms with Crippen LogP contribution < -0.4 is 11.1 Å². The van der Waals surface area contributed by atoms with E-state index in [9.17, 15) is 4.79 Å². The summed E-state index contributed by atoms with van der Waals surface area (Å²) in [6.07, 6.45) is 5.02. The van der Waals surface area contributed by atoms with Gasteiger partial charge in [-0.25, -0.2) is 0 Å². The Bertz CT molecular complexity index is 264. The molecule has 1 aliphatic heterocycles. The van der Waals surface area contributed by atoms with Gasteiger partial charge in [0, 0.05) is 12.1 Å². The van der Waals surface area contributed by atoms with Crippen LogP contribution in [0.1, 0.15) is 52.9 Å². The molecule has 1 rings (SSSR count). The minimum absolute atomic E-state index is 0.0721. The lowest BCUT2D eigenvalue weighted by molar-refractivity contribution is -0.125. The van der Waals surface area contributed by atoms with Crippen molar-refractivity contribution in [2.75, 3.05) is 19.6 Å². The third-order valence-corrected chi connectivity index (χ3v) is 4.20. The van der Waals surface area contributed by atoms with Crippen molar-refractivity contribution in [3.8, 4) is 0 Å². The van der Waals surface area contributed by atoms with Gasteiger partial charge in [0.2, 0.25) is 5.91 Å². The van der Waals surface area contributed by atoms with Gasteiger partial charge in [0.05, 0.1) is 6.04 Å². The highest BCUT2D eigenvalue weighted by molar-refractivity contribution is 5.82. The lowest BCUT2D eigenvalue weighted by Gasteiger charge is -2.29. The quantitative estimate of drug-likeness (QED) is 0.725. The summed E-state index contributed by atoms with van der Waals surface area (Å²) in [6.45, 7) is 8.99. The second kappa shape index (κ2) is 7.10. The monoisotopic (exact) mass is 255 g/mol. The summed E-state index contributed by atoms with van der Waals surface area (Å²) in [4.78, 5) is 14.5. The highest BCUT2D eigenvalue weighted by Crippen LogP contribution is 2.18. The second-order valence-electron chi connectivity index (χ2n) is 5.48. The Morgan fingerprint density at radius 1 is 1.39 bits per heavy atom. The zero-order valence-electron chi connectivity index (χ0n) is 12.2. The lowest BCUT2D eigenvalue weighted by atomic mass is 9.94. The number of carbonyl (C=O) groups is 1. The maximum absolute atomic E-state index is 12.2. The molecule has 1 amide bonds. The molecule has 0 aromatic heterocycles. The Balaban J connectivity index is 2.45. The van der Waals surface area contributed by atoms with E-state index in [2.05, 4.69) is 31.0 Å². The van der Waals surface area contributed by atoms with E-state index < -0.39 is 0 Å². The molecule has 4 nitrogen and oxygen atoms in total. The second-order valence-corrected chi connectivity index (χ2v) is 5.48. The van der Waals surface area contributed by atoms with Crippen molar-refractivity contribution in [3.63, 3.8) is 0 Å². The molecule has 1 saturated heterocycles. The number of carbonyl (C=O) groups excluding carboxylic acids is 1. The molecule has 1 atom stereocenters. The molecule has 0 bridgehead atoms. The van der Waals surface area contributed by atoms with Gasteiger partial charge in [0.1, 0.15) is 0 Å². The Hall–Kier alpha value is -0.610. The fourth-order valence-electron chi connectivity index (χ4n) is 2.56. The summed E-state index contributed by atoms with van der Waals surface area (Å²) in [5.41, 5.74) is 5.96. The number of nitrogens with one attached hydrogen (secondary N) is 1. The van der Waals surface area contributed by atoms with Gasteiger partial charge in [-0.2, -0.15) is 0 Å².